The third kappa shape index (κ3) is 6.05. The van der Waals surface area contributed by atoms with Gasteiger partial charge in [-0.15, -0.1) is 11.3 Å². The van der Waals surface area contributed by atoms with Crippen LogP contribution in [0.4, 0.5) is 5.82 Å². The number of hydrogen-bond donors (Lipinski definition) is 3. The fourth-order valence-electron chi connectivity index (χ4n) is 4.15. The molecular weight excluding hydrogens is 464 g/mol. The van der Waals surface area contributed by atoms with Gasteiger partial charge in [-0.25, -0.2) is 23.5 Å². The normalized spacial score (nSPS) is 20.8. The number of nitrogens with one attached hydrogen (secondary N) is 1. The summed E-state index contributed by atoms with van der Waals surface area (Å²) in [5.41, 5.74) is 1.34. The number of furan rings is 1. The van der Waals surface area contributed by atoms with E-state index in [1.165, 1.54) is 23.9 Å². The second kappa shape index (κ2) is 9.72. The monoisotopic (exact) mass is 490 g/mol. The molecule has 3 heterocycles. The lowest BCUT2D eigenvalue weighted by Gasteiger charge is -2.15. The summed E-state index contributed by atoms with van der Waals surface area (Å²) in [5, 5.41) is 20.6. The van der Waals surface area contributed by atoms with E-state index in [1.807, 2.05) is 30.5 Å². The summed E-state index contributed by atoms with van der Waals surface area (Å²) >= 11 is 1.36. The van der Waals surface area contributed by atoms with Crippen LogP contribution in [0.5, 0.6) is 0 Å². The molecule has 0 amide bonds. The van der Waals surface area contributed by atoms with Crippen molar-refractivity contribution in [1.82, 2.24) is 9.97 Å². The summed E-state index contributed by atoms with van der Waals surface area (Å²) in [5.74, 6) is 1.54. The Bertz CT molecular complexity index is 1240. The number of aliphatic hydroxyl groups excluding tert-OH is 1. The fraction of sp³-hybridized carbons (Fsp3) is 0.409. The van der Waals surface area contributed by atoms with E-state index in [4.69, 9.17) is 9.56 Å². The number of carbonyl (C=O) groups excluding carboxylic acids is 1. The summed E-state index contributed by atoms with van der Waals surface area (Å²) in [6.07, 6.45) is 4.09. The molecule has 0 radical (unpaired) electrons. The van der Waals surface area contributed by atoms with Gasteiger partial charge in [0.15, 0.2) is 0 Å². The maximum absolute atomic E-state index is 13.2. The molecule has 1 aliphatic carbocycles. The van der Waals surface area contributed by atoms with Crippen LogP contribution in [0.15, 0.2) is 40.5 Å². The largest absolute Gasteiger partial charge is 0.466 e. The number of aryl methyl sites for hydroxylation is 1. The molecule has 1 aliphatic rings. The predicted octanol–water partition coefficient (Wildman–Crippen LogP) is 2.49. The fourth-order valence-corrected chi connectivity index (χ4v) is 5.65. The highest BCUT2D eigenvalue weighted by atomic mass is 32.2. The number of primary sulfonamides is 1. The number of nitrogens with zero attached hydrogens (tertiary/aromatic N) is 2. The zero-order chi connectivity index (χ0) is 23.6. The van der Waals surface area contributed by atoms with Gasteiger partial charge >= 0.3 is 0 Å². The van der Waals surface area contributed by atoms with Gasteiger partial charge in [0.1, 0.15) is 23.7 Å². The van der Waals surface area contributed by atoms with Gasteiger partial charge < -0.3 is 14.8 Å². The second-order valence-corrected chi connectivity index (χ2v) is 11.1. The molecule has 11 heteroatoms. The quantitative estimate of drug-likeness (QED) is 0.387. The number of aliphatic hydroxyl groups is 1. The summed E-state index contributed by atoms with van der Waals surface area (Å²) in [4.78, 5) is 22.0. The van der Waals surface area contributed by atoms with Crippen LogP contribution in [0.1, 0.15) is 51.6 Å². The molecule has 3 aromatic rings. The molecule has 1 fully saturated rings. The third-order valence-corrected chi connectivity index (χ3v) is 7.56. The van der Waals surface area contributed by atoms with Gasteiger partial charge in [0, 0.05) is 18.7 Å². The zero-order valence-electron chi connectivity index (χ0n) is 18.1. The van der Waals surface area contributed by atoms with Crippen LogP contribution in [0.25, 0.3) is 0 Å². The van der Waals surface area contributed by atoms with E-state index in [2.05, 4.69) is 15.3 Å². The number of sulfonamides is 1. The lowest BCUT2D eigenvalue weighted by molar-refractivity contribution is 0.104. The molecular formula is C22H26N4O5S2. The molecule has 0 bridgehead atoms. The Morgan fingerprint density at radius 1 is 1.36 bits per heavy atom. The van der Waals surface area contributed by atoms with E-state index < -0.39 is 16.1 Å². The molecule has 4 rings (SSSR count). The van der Waals surface area contributed by atoms with Crippen molar-refractivity contribution >= 4 is 33.0 Å². The van der Waals surface area contributed by atoms with Crippen molar-refractivity contribution in [2.75, 3.05) is 11.1 Å². The van der Waals surface area contributed by atoms with Crippen LogP contribution in [-0.2, 0) is 16.4 Å². The van der Waals surface area contributed by atoms with E-state index in [1.54, 1.807) is 0 Å². The van der Waals surface area contributed by atoms with Gasteiger partial charge in [0.2, 0.25) is 15.8 Å². The van der Waals surface area contributed by atoms with E-state index in [0.717, 1.165) is 17.1 Å². The SMILES string of the molecule is Cc1ccc(Cc2csc(C(=O)c3cncnc3N[C@@H]3C[C@H](CCS(N)(=O)=O)[C@@H](O)C3)c2)o1. The minimum absolute atomic E-state index is 0.145. The number of aromatic nitrogens is 2. The Morgan fingerprint density at radius 3 is 2.91 bits per heavy atom. The smallest absolute Gasteiger partial charge is 0.209 e. The van der Waals surface area contributed by atoms with Crippen LogP contribution in [0, 0.1) is 12.8 Å². The van der Waals surface area contributed by atoms with Gasteiger partial charge in [-0.1, -0.05) is 0 Å². The first-order valence-corrected chi connectivity index (χ1v) is 13.2. The Balaban J connectivity index is 1.44. The third-order valence-electron chi connectivity index (χ3n) is 5.78. The van der Waals surface area contributed by atoms with Crippen molar-refractivity contribution < 1.29 is 22.7 Å². The highest BCUT2D eigenvalue weighted by Gasteiger charge is 2.34. The molecule has 33 heavy (non-hydrogen) atoms. The Morgan fingerprint density at radius 2 is 2.18 bits per heavy atom. The van der Waals surface area contributed by atoms with Crippen molar-refractivity contribution in [2.45, 2.75) is 44.8 Å². The Kier molecular flexibility index (Phi) is 6.94. The molecule has 9 nitrogen and oxygen atoms in total. The zero-order valence-corrected chi connectivity index (χ0v) is 19.7. The molecule has 0 aromatic carbocycles. The van der Waals surface area contributed by atoms with E-state index in [-0.39, 0.29) is 23.5 Å². The topological polar surface area (TPSA) is 148 Å². The summed E-state index contributed by atoms with van der Waals surface area (Å²) in [6.45, 7) is 1.89. The molecule has 0 spiro atoms. The second-order valence-electron chi connectivity index (χ2n) is 8.42. The minimum atomic E-state index is -3.58. The van der Waals surface area contributed by atoms with Crippen LogP contribution in [0.3, 0.4) is 0 Å². The maximum atomic E-state index is 13.2. The number of hydrogen-bond acceptors (Lipinski definition) is 9. The van der Waals surface area contributed by atoms with Crippen molar-refractivity contribution in [3.05, 3.63) is 63.6 Å². The number of anilines is 1. The average molecular weight is 491 g/mol. The van der Waals surface area contributed by atoms with Gasteiger partial charge in [-0.05, 0) is 61.2 Å². The molecule has 4 N–H and O–H groups in total. The van der Waals surface area contributed by atoms with Crippen LogP contribution < -0.4 is 10.5 Å². The summed E-state index contributed by atoms with van der Waals surface area (Å²) in [6, 6.07) is 5.54. The lowest BCUT2D eigenvalue weighted by Crippen LogP contribution is -2.22. The first kappa shape index (κ1) is 23.6. The van der Waals surface area contributed by atoms with Gasteiger partial charge in [-0.2, -0.15) is 0 Å². The van der Waals surface area contributed by atoms with Crippen LogP contribution in [0.2, 0.25) is 0 Å². The first-order valence-electron chi connectivity index (χ1n) is 10.6. The minimum Gasteiger partial charge on any atom is -0.466 e. The standard InChI is InChI=1S/C22H26N4O5S2/c1-13-2-3-17(31-13)6-14-7-20(32-11-14)21(28)18-10-24-12-25-22(18)26-16-8-15(19(27)9-16)4-5-33(23,29)30/h2-3,7,10-12,15-16,19,27H,4-6,8-9H2,1H3,(H2,23,29,30)(H,24,25,26)/t15-,16+,19-/m0/s1. The predicted molar refractivity (Wildman–Crippen MR) is 125 cm³/mol. The Hall–Kier alpha value is -2.60. The molecule has 0 aliphatic heterocycles. The molecule has 3 aromatic heterocycles. The van der Waals surface area contributed by atoms with Crippen LogP contribution in [-0.4, -0.2) is 47.2 Å². The number of thiophene rings is 1. The van der Waals surface area contributed by atoms with Gasteiger partial charge in [0.25, 0.3) is 0 Å². The number of ketones is 1. The van der Waals surface area contributed by atoms with Gasteiger partial charge in [-0.3, -0.25) is 4.79 Å². The molecule has 3 atom stereocenters. The van der Waals surface area contributed by atoms with E-state index >= 15 is 0 Å². The molecule has 0 unspecified atom stereocenters. The van der Waals surface area contributed by atoms with E-state index in [9.17, 15) is 18.3 Å². The van der Waals surface area contributed by atoms with Crippen LogP contribution >= 0.6 is 11.3 Å². The van der Waals surface area contributed by atoms with Crippen molar-refractivity contribution in [2.24, 2.45) is 11.1 Å². The van der Waals surface area contributed by atoms with E-state index in [0.29, 0.717) is 41.9 Å². The Labute approximate surface area is 196 Å². The van der Waals surface area contributed by atoms with Crippen molar-refractivity contribution in [3.8, 4) is 0 Å². The van der Waals surface area contributed by atoms with Crippen molar-refractivity contribution in [3.63, 3.8) is 0 Å². The first-order chi connectivity index (χ1) is 15.7. The lowest BCUT2D eigenvalue weighted by atomic mass is 10.0. The number of nitrogens with two attached hydrogens (primary N) is 1. The summed E-state index contributed by atoms with van der Waals surface area (Å²) in [7, 11) is -3.58. The van der Waals surface area contributed by atoms with Crippen molar-refractivity contribution in [1.29, 1.82) is 0 Å². The molecule has 0 saturated heterocycles. The average Bonchev–Trinajstić information content (AvgIpc) is 3.47. The summed E-state index contributed by atoms with van der Waals surface area (Å²) < 4.78 is 28.1. The highest BCUT2D eigenvalue weighted by molar-refractivity contribution is 7.89. The highest BCUT2D eigenvalue weighted by Crippen LogP contribution is 2.32. The number of carbonyl (C=O) groups is 1. The number of rotatable bonds is 9. The molecule has 1 saturated carbocycles. The molecule has 176 valence electrons. The maximum Gasteiger partial charge on any atom is 0.209 e. The van der Waals surface area contributed by atoms with Gasteiger partial charge in [0.05, 0.1) is 22.3 Å².